The van der Waals surface area contributed by atoms with Crippen LogP contribution < -0.4 is 5.73 Å². The number of nitrogens with two attached hydrogens (primary N) is 1. The van der Waals surface area contributed by atoms with E-state index in [4.69, 9.17) is 5.73 Å². The summed E-state index contributed by atoms with van der Waals surface area (Å²) < 4.78 is 5.46. The third kappa shape index (κ3) is 2.32. The lowest BCUT2D eigenvalue weighted by atomic mass is 10.2. The lowest BCUT2D eigenvalue weighted by Crippen LogP contribution is -2.14. The van der Waals surface area contributed by atoms with Crippen LogP contribution in [-0.2, 0) is 0 Å². The largest absolute Gasteiger partial charge is 0.382 e. The van der Waals surface area contributed by atoms with Gasteiger partial charge in [-0.05, 0) is 42.7 Å². The van der Waals surface area contributed by atoms with Gasteiger partial charge in [0.05, 0.1) is 4.70 Å². The van der Waals surface area contributed by atoms with Crippen LogP contribution in [0.5, 0.6) is 0 Å². The highest BCUT2D eigenvalue weighted by Gasteiger charge is 2.07. The molecule has 0 fully saturated rings. The van der Waals surface area contributed by atoms with E-state index >= 15 is 0 Å². The van der Waals surface area contributed by atoms with Crippen LogP contribution in [0.3, 0.4) is 0 Å². The summed E-state index contributed by atoms with van der Waals surface area (Å²) in [6, 6.07) is 11.8. The molecule has 3 rings (SSSR count). The molecule has 94 valence electrons. The average Bonchev–Trinajstić information content (AvgIpc) is 2.82. The van der Waals surface area contributed by atoms with Gasteiger partial charge in [-0.2, -0.15) is 4.37 Å². The fourth-order valence-corrected chi connectivity index (χ4v) is 2.51. The molecule has 5 heteroatoms. The Bertz CT molecular complexity index is 746. The van der Waals surface area contributed by atoms with Crippen molar-refractivity contribution in [2.24, 2.45) is 10.7 Å². The summed E-state index contributed by atoms with van der Waals surface area (Å²) in [6.45, 7) is 2.05. The van der Waals surface area contributed by atoms with Crippen molar-refractivity contribution >= 4 is 33.3 Å². The van der Waals surface area contributed by atoms with Crippen molar-refractivity contribution in [1.29, 1.82) is 0 Å². The molecular formula is C14H12N4S. The van der Waals surface area contributed by atoms with E-state index in [0.717, 1.165) is 10.1 Å². The van der Waals surface area contributed by atoms with Gasteiger partial charge in [0.15, 0.2) is 11.7 Å². The van der Waals surface area contributed by atoms with E-state index in [1.807, 2.05) is 25.1 Å². The van der Waals surface area contributed by atoms with Gasteiger partial charge >= 0.3 is 0 Å². The van der Waals surface area contributed by atoms with E-state index in [2.05, 4.69) is 32.5 Å². The first-order valence-corrected chi connectivity index (χ1v) is 6.63. The molecule has 0 saturated carbocycles. The Labute approximate surface area is 114 Å². The molecule has 0 amide bonds. The van der Waals surface area contributed by atoms with E-state index in [1.165, 1.54) is 17.1 Å². The van der Waals surface area contributed by atoms with Gasteiger partial charge in [0.2, 0.25) is 0 Å². The topological polar surface area (TPSA) is 64.2 Å². The number of hydrogen-bond donors (Lipinski definition) is 1. The highest BCUT2D eigenvalue weighted by atomic mass is 32.1. The smallest absolute Gasteiger partial charge is 0.175 e. The summed E-state index contributed by atoms with van der Waals surface area (Å²) in [6.07, 6.45) is 1.70. The third-order valence-corrected chi connectivity index (χ3v) is 3.58. The van der Waals surface area contributed by atoms with Gasteiger partial charge in [-0.3, -0.25) is 4.98 Å². The molecule has 1 aromatic carbocycles. The Kier molecular flexibility index (Phi) is 2.97. The standard InChI is InChI=1S/C14H12N4S/c1-9-5-6-12-10(8-9)14(18-19-12)17-13(15)11-4-2-3-7-16-11/h2-8H,1H3,(H2,15,17,18). The molecule has 0 bridgehead atoms. The summed E-state index contributed by atoms with van der Waals surface area (Å²) in [5.74, 6) is 1.04. The maximum atomic E-state index is 5.97. The van der Waals surface area contributed by atoms with E-state index < -0.39 is 0 Å². The predicted octanol–water partition coefficient (Wildman–Crippen LogP) is 3.04. The van der Waals surface area contributed by atoms with Crippen LogP contribution in [0.4, 0.5) is 5.82 Å². The highest BCUT2D eigenvalue weighted by molar-refractivity contribution is 7.13. The Morgan fingerprint density at radius 2 is 2.16 bits per heavy atom. The minimum absolute atomic E-state index is 0.384. The number of hydrogen-bond acceptors (Lipinski definition) is 4. The monoisotopic (exact) mass is 268 g/mol. The second kappa shape index (κ2) is 4.78. The van der Waals surface area contributed by atoms with Gasteiger partial charge in [0.25, 0.3) is 0 Å². The second-order valence-electron chi connectivity index (χ2n) is 4.22. The fourth-order valence-electron chi connectivity index (χ4n) is 1.81. The van der Waals surface area contributed by atoms with Crippen LogP contribution in [0.15, 0.2) is 47.6 Å². The summed E-state index contributed by atoms with van der Waals surface area (Å²) in [5, 5.41) is 1.03. The van der Waals surface area contributed by atoms with Crippen molar-refractivity contribution in [3.05, 3.63) is 53.9 Å². The van der Waals surface area contributed by atoms with Crippen molar-refractivity contribution in [3.63, 3.8) is 0 Å². The minimum Gasteiger partial charge on any atom is -0.382 e. The molecule has 2 heterocycles. The summed E-state index contributed by atoms with van der Waals surface area (Å²) in [5.41, 5.74) is 7.81. The maximum absolute atomic E-state index is 5.97. The van der Waals surface area contributed by atoms with E-state index in [9.17, 15) is 0 Å². The first kappa shape index (κ1) is 11.8. The summed E-state index contributed by atoms with van der Waals surface area (Å²) >= 11 is 1.43. The van der Waals surface area contributed by atoms with E-state index in [1.54, 1.807) is 6.20 Å². The van der Waals surface area contributed by atoms with Crippen molar-refractivity contribution in [1.82, 2.24) is 9.36 Å². The first-order chi connectivity index (χ1) is 9.24. The van der Waals surface area contributed by atoms with Crippen LogP contribution in [0.1, 0.15) is 11.3 Å². The predicted molar refractivity (Wildman–Crippen MR) is 79.0 cm³/mol. The molecule has 0 aliphatic carbocycles. The Balaban J connectivity index is 2.08. The summed E-state index contributed by atoms with van der Waals surface area (Å²) in [4.78, 5) is 8.57. The van der Waals surface area contributed by atoms with Crippen LogP contribution in [0, 0.1) is 6.92 Å². The molecule has 0 saturated heterocycles. The number of nitrogens with zero attached hydrogens (tertiary/aromatic N) is 3. The van der Waals surface area contributed by atoms with Crippen LogP contribution in [-0.4, -0.2) is 15.2 Å². The van der Waals surface area contributed by atoms with Crippen LogP contribution in [0.2, 0.25) is 0 Å². The Morgan fingerprint density at radius 3 is 2.95 bits per heavy atom. The van der Waals surface area contributed by atoms with Gasteiger partial charge in [0, 0.05) is 11.6 Å². The lowest BCUT2D eigenvalue weighted by Gasteiger charge is -1.98. The van der Waals surface area contributed by atoms with Gasteiger partial charge < -0.3 is 5.73 Å². The van der Waals surface area contributed by atoms with Gasteiger partial charge in [0.1, 0.15) is 5.69 Å². The van der Waals surface area contributed by atoms with Crippen molar-refractivity contribution in [2.75, 3.05) is 0 Å². The molecule has 0 radical (unpaired) electrons. The summed E-state index contributed by atoms with van der Waals surface area (Å²) in [7, 11) is 0. The van der Waals surface area contributed by atoms with E-state index in [-0.39, 0.29) is 0 Å². The number of fused-ring (bicyclic) bond motifs is 1. The number of aromatic nitrogens is 2. The molecule has 2 aromatic heterocycles. The van der Waals surface area contributed by atoms with Crippen LogP contribution in [0.25, 0.3) is 10.1 Å². The lowest BCUT2D eigenvalue weighted by molar-refractivity contribution is 1.26. The molecule has 0 spiro atoms. The maximum Gasteiger partial charge on any atom is 0.175 e. The number of rotatable bonds is 2. The first-order valence-electron chi connectivity index (χ1n) is 5.85. The Morgan fingerprint density at radius 1 is 1.26 bits per heavy atom. The number of amidine groups is 1. The normalized spacial score (nSPS) is 11.9. The third-order valence-electron chi connectivity index (χ3n) is 2.76. The average molecular weight is 268 g/mol. The fraction of sp³-hybridized carbons (Fsp3) is 0.0714. The number of aryl methyl sites for hydroxylation is 1. The molecular weight excluding hydrogens is 256 g/mol. The van der Waals surface area contributed by atoms with Crippen molar-refractivity contribution < 1.29 is 0 Å². The molecule has 19 heavy (non-hydrogen) atoms. The highest BCUT2D eigenvalue weighted by Crippen LogP contribution is 2.29. The molecule has 0 atom stereocenters. The number of benzene rings is 1. The van der Waals surface area contributed by atoms with Gasteiger partial charge in [-0.1, -0.05) is 17.7 Å². The number of pyridine rings is 1. The zero-order valence-electron chi connectivity index (χ0n) is 10.4. The zero-order valence-corrected chi connectivity index (χ0v) is 11.2. The minimum atomic E-state index is 0.384. The van der Waals surface area contributed by atoms with Crippen molar-refractivity contribution in [2.45, 2.75) is 6.92 Å². The SMILES string of the molecule is Cc1ccc2snc(N=C(N)c3ccccn3)c2c1. The van der Waals surface area contributed by atoms with Crippen LogP contribution >= 0.6 is 11.5 Å². The Hall–Kier alpha value is -2.27. The molecule has 0 aliphatic rings. The molecule has 2 N–H and O–H groups in total. The second-order valence-corrected chi connectivity index (χ2v) is 5.02. The van der Waals surface area contributed by atoms with Crippen molar-refractivity contribution in [3.8, 4) is 0 Å². The van der Waals surface area contributed by atoms with Gasteiger partial charge in [-0.15, -0.1) is 0 Å². The molecule has 4 nitrogen and oxygen atoms in total. The van der Waals surface area contributed by atoms with E-state index in [0.29, 0.717) is 17.3 Å². The number of aliphatic imine (C=N–C) groups is 1. The zero-order chi connectivity index (χ0) is 13.2. The molecule has 0 unspecified atom stereocenters. The molecule has 3 aromatic rings. The quantitative estimate of drug-likeness (QED) is 0.574. The molecule has 0 aliphatic heterocycles. The van der Waals surface area contributed by atoms with Gasteiger partial charge in [-0.25, -0.2) is 4.99 Å².